The van der Waals surface area contributed by atoms with Crippen LogP contribution >= 0.6 is 0 Å². The lowest BCUT2D eigenvalue weighted by atomic mass is 9.99. The van der Waals surface area contributed by atoms with Gasteiger partial charge in [0.25, 0.3) is 0 Å². The molecule has 5 rings (SSSR count). The maximum absolute atomic E-state index is 13.5. The predicted octanol–water partition coefficient (Wildman–Crippen LogP) is 3.65. The first-order valence-electron chi connectivity index (χ1n) is 11.5. The zero-order valence-electron chi connectivity index (χ0n) is 19.3. The summed E-state index contributed by atoms with van der Waals surface area (Å²) in [6.07, 6.45) is 1.06. The van der Waals surface area contributed by atoms with E-state index in [2.05, 4.69) is 9.80 Å². The third-order valence-corrected chi connectivity index (χ3v) is 6.51. The van der Waals surface area contributed by atoms with Crippen LogP contribution in [0.1, 0.15) is 17.7 Å². The van der Waals surface area contributed by atoms with Gasteiger partial charge in [0.15, 0.2) is 0 Å². The minimum Gasteiger partial charge on any atom is -0.496 e. The highest BCUT2D eigenvalue weighted by Crippen LogP contribution is 2.36. The molecule has 2 aromatic carbocycles. The molecule has 7 heteroatoms. The Balaban J connectivity index is 1.42. The van der Waals surface area contributed by atoms with Crippen molar-refractivity contribution in [2.45, 2.75) is 19.9 Å². The van der Waals surface area contributed by atoms with Gasteiger partial charge in [0.05, 0.1) is 36.8 Å². The molecule has 0 spiro atoms. The highest BCUT2D eigenvalue weighted by molar-refractivity contribution is 5.87. The molecule has 0 N–H and O–H groups in total. The summed E-state index contributed by atoms with van der Waals surface area (Å²) < 4.78 is 23.2. The molecule has 7 nitrogen and oxygen atoms in total. The first kappa shape index (κ1) is 21.9. The molecular formula is C26H30N2O5. The number of nitrogens with zero attached hydrogens (tertiary/aromatic N) is 2. The number of rotatable bonds is 6. The van der Waals surface area contributed by atoms with E-state index in [4.69, 9.17) is 18.6 Å². The number of aryl methyl sites for hydroxylation is 1. The van der Waals surface area contributed by atoms with Gasteiger partial charge >= 0.3 is 0 Å². The van der Waals surface area contributed by atoms with Gasteiger partial charge < -0.3 is 18.6 Å². The van der Waals surface area contributed by atoms with E-state index < -0.39 is 0 Å². The zero-order chi connectivity index (χ0) is 22.8. The number of ether oxygens (including phenoxy) is 3. The predicted molar refractivity (Wildman–Crippen MR) is 127 cm³/mol. The molecule has 0 atom stereocenters. The molecule has 2 aliphatic rings. The number of methoxy groups -OCH3 is 1. The molecule has 174 valence electrons. The molecule has 0 amide bonds. The van der Waals surface area contributed by atoms with Gasteiger partial charge in [0, 0.05) is 31.7 Å². The summed E-state index contributed by atoms with van der Waals surface area (Å²) in [7, 11) is 1.61. The first-order chi connectivity index (χ1) is 16.2. The molecule has 1 aromatic heterocycles. The minimum absolute atomic E-state index is 0.0505. The molecule has 2 aliphatic heterocycles. The van der Waals surface area contributed by atoms with E-state index in [1.165, 1.54) is 0 Å². The van der Waals surface area contributed by atoms with Crippen molar-refractivity contribution in [3.63, 3.8) is 0 Å². The Hall–Kier alpha value is -2.87. The van der Waals surface area contributed by atoms with Crippen molar-refractivity contribution >= 4 is 11.0 Å². The number of hydrogen-bond acceptors (Lipinski definition) is 7. The van der Waals surface area contributed by atoms with Crippen LogP contribution in [0.25, 0.3) is 22.1 Å². The molecular weight excluding hydrogens is 420 g/mol. The quantitative estimate of drug-likeness (QED) is 0.568. The Morgan fingerprint density at radius 2 is 1.82 bits per heavy atom. The van der Waals surface area contributed by atoms with Gasteiger partial charge in [-0.2, -0.15) is 0 Å². The Morgan fingerprint density at radius 1 is 1.03 bits per heavy atom. The molecule has 33 heavy (non-hydrogen) atoms. The summed E-state index contributed by atoms with van der Waals surface area (Å²) >= 11 is 0. The number of fused-ring (bicyclic) bond motifs is 3. The summed E-state index contributed by atoms with van der Waals surface area (Å²) in [5.74, 6) is 2.02. The van der Waals surface area contributed by atoms with Gasteiger partial charge in [-0.15, -0.1) is 0 Å². The van der Waals surface area contributed by atoms with Crippen molar-refractivity contribution in [1.82, 2.24) is 9.80 Å². The summed E-state index contributed by atoms with van der Waals surface area (Å²) in [6.45, 7) is 8.71. The third-order valence-electron chi connectivity index (χ3n) is 6.51. The van der Waals surface area contributed by atoms with E-state index in [9.17, 15) is 4.79 Å². The molecule has 3 heterocycles. The lowest BCUT2D eigenvalue weighted by Gasteiger charge is -2.31. The van der Waals surface area contributed by atoms with E-state index in [-0.39, 0.29) is 5.43 Å². The lowest BCUT2D eigenvalue weighted by Crippen LogP contribution is -2.39. The van der Waals surface area contributed by atoms with Gasteiger partial charge in [-0.05, 0) is 38.1 Å². The fourth-order valence-corrected chi connectivity index (χ4v) is 4.77. The van der Waals surface area contributed by atoms with Gasteiger partial charge in [0.1, 0.15) is 29.6 Å². The molecule has 1 saturated heterocycles. The normalized spacial score (nSPS) is 17.0. The summed E-state index contributed by atoms with van der Waals surface area (Å²) in [6, 6.07) is 11.2. The highest BCUT2D eigenvalue weighted by atomic mass is 16.5. The number of benzene rings is 2. The monoisotopic (exact) mass is 450 g/mol. The van der Waals surface area contributed by atoms with Crippen LogP contribution in [0.5, 0.6) is 11.5 Å². The summed E-state index contributed by atoms with van der Waals surface area (Å²) in [5, 5.41) is 0.569. The standard InChI is InChI=1S/C26H30N2O5/c1-18-24(19-6-3-4-7-22(19)30-2)25(29)20-8-9-23-21(26(20)33-18)16-28(17-32-23)11-5-10-27-12-14-31-15-13-27/h3-4,6-9H,5,10-17H2,1-2H3. The van der Waals surface area contributed by atoms with Crippen LogP contribution < -0.4 is 14.9 Å². The van der Waals surface area contributed by atoms with Gasteiger partial charge in [0.2, 0.25) is 5.43 Å². The number of morpholine rings is 1. The molecule has 0 aliphatic carbocycles. The maximum Gasteiger partial charge on any atom is 0.200 e. The van der Waals surface area contributed by atoms with Crippen LogP contribution in [0.2, 0.25) is 0 Å². The third kappa shape index (κ3) is 4.36. The molecule has 0 bridgehead atoms. The van der Waals surface area contributed by atoms with Crippen LogP contribution in [0.4, 0.5) is 0 Å². The topological polar surface area (TPSA) is 64.4 Å². The van der Waals surface area contributed by atoms with E-state index in [1.807, 2.05) is 43.3 Å². The van der Waals surface area contributed by atoms with E-state index >= 15 is 0 Å². The maximum atomic E-state index is 13.5. The van der Waals surface area contributed by atoms with Crippen molar-refractivity contribution in [3.8, 4) is 22.6 Å². The fourth-order valence-electron chi connectivity index (χ4n) is 4.77. The molecule has 1 fully saturated rings. The van der Waals surface area contributed by atoms with Crippen molar-refractivity contribution < 1.29 is 18.6 Å². The zero-order valence-corrected chi connectivity index (χ0v) is 19.3. The van der Waals surface area contributed by atoms with Gasteiger partial charge in [-0.25, -0.2) is 0 Å². The number of hydrogen-bond donors (Lipinski definition) is 0. The Labute approximate surface area is 193 Å². The smallest absolute Gasteiger partial charge is 0.200 e. The second-order valence-corrected chi connectivity index (χ2v) is 8.62. The minimum atomic E-state index is -0.0505. The Bertz CT molecular complexity index is 1200. The largest absolute Gasteiger partial charge is 0.496 e. The van der Waals surface area contributed by atoms with Crippen molar-refractivity contribution in [1.29, 1.82) is 0 Å². The molecule has 3 aromatic rings. The second kappa shape index (κ2) is 9.55. The van der Waals surface area contributed by atoms with Crippen molar-refractivity contribution in [3.05, 3.63) is 57.9 Å². The van der Waals surface area contributed by atoms with Crippen LogP contribution in [0.3, 0.4) is 0 Å². The van der Waals surface area contributed by atoms with E-state index in [0.29, 0.717) is 41.3 Å². The highest BCUT2D eigenvalue weighted by Gasteiger charge is 2.24. The second-order valence-electron chi connectivity index (χ2n) is 8.62. The summed E-state index contributed by atoms with van der Waals surface area (Å²) in [5.41, 5.74) is 2.79. The molecule has 0 saturated carbocycles. The first-order valence-corrected chi connectivity index (χ1v) is 11.5. The van der Waals surface area contributed by atoms with E-state index in [0.717, 1.165) is 62.7 Å². The van der Waals surface area contributed by atoms with Crippen molar-refractivity contribution in [2.24, 2.45) is 0 Å². The molecule has 0 unspecified atom stereocenters. The lowest BCUT2D eigenvalue weighted by molar-refractivity contribution is 0.0330. The average Bonchev–Trinajstić information content (AvgIpc) is 2.85. The SMILES string of the molecule is COc1ccccc1-c1c(C)oc2c3c(ccc2c1=O)OCN(CCCN1CCOCC1)C3. The van der Waals surface area contributed by atoms with Gasteiger partial charge in [-0.1, -0.05) is 18.2 Å². The van der Waals surface area contributed by atoms with Crippen LogP contribution in [0, 0.1) is 6.92 Å². The van der Waals surface area contributed by atoms with Gasteiger partial charge in [-0.3, -0.25) is 14.6 Å². The van der Waals surface area contributed by atoms with E-state index in [1.54, 1.807) is 7.11 Å². The van der Waals surface area contributed by atoms with Crippen LogP contribution in [-0.4, -0.2) is 63.0 Å². The summed E-state index contributed by atoms with van der Waals surface area (Å²) in [4.78, 5) is 18.3. The average molecular weight is 451 g/mol. The number of para-hydroxylation sites is 1. The Morgan fingerprint density at radius 3 is 2.64 bits per heavy atom. The fraction of sp³-hybridized carbons (Fsp3) is 0.423. The molecule has 0 radical (unpaired) electrons. The Kier molecular flexibility index (Phi) is 6.35. The van der Waals surface area contributed by atoms with Crippen molar-refractivity contribution in [2.75, 3.05) is 53.2 Å². The van der Waals surface area contributed by atoms with Crippen LogP contribution in [-0.2, 0) is 11.3 Å². The van der Waals surface area contributed by atoms with Crippen LogP contribution in [0.15, 0.2) is 45.6 Å².